The largest absolute Gasteiger partial charge is 0.396 e. The third-order valence-corrected chi connectivity index (χ3v) is 2.49. The first kappa shape index (κ1) is 9.52. The number of hydrogen-bond donors (Lipinski definition) is 2. The lowest BCUT2D eigenvalue weighted by Crippen LogP contribution is -2.25. The molecule has 0 aromatic heterocycles. The number of rotatable bonds is 4. The number of aliphatic hydroxyl groups is 1. The Labute approximate surface area is 73.2 Å². The zero-order valence-electron chi connectivity index (χ0n) is 7.55. The highest BCUT2D eigenvalue weighted by Gasteiger charge is 2.29. The van der Waals surface area contributed by atoms with Crippen molar-refractivity contribution in [1.29, 1.82) is 0 Å². The highest BCUT2D eigenvalue weighted by Crippen LogP contribution is 2.21. The summed E-state index contributed by atoms with van der Waals surface area (Å²) in [6.07, 6.45) is 3.55. The summed E-state index contributed by atoms with van der Waals surface area (Å²) in [5, 5.41) is 11.5. The van der Waals surface area contributed by atoms with E-state index in [4.69, 9.17) is 5.11 Å². The summed E-state index contributed by atoms with van der Waals surface area (Å²) < 4.78 is 0. The van der Waals surface area contributed by atoms with E-state index in [2.05, 4.69) is 12.2 Å². The quantitative estimate of drug-likeness (QED) is 0.653. The van der Waals surface area contributed by atoms with Crippen molar-refractivity contribution in [3.8, 4) is 0 Å². The van der Waals surface area contributed by atoms with Crippen molar-refractivity contribution in [2.24, 2.45) is 5.92 Å². The van der Waals surface area contributed by atoms with E-state index in [0.717, 1.165) is 25.7 Å². The molecule has 1 aliphatic heterocycles. The van der Waals surface area contributed by atoms with Gasteiger partial charge in [0.1, 0.15) is 0 Å². The van der Waals surface area contributed by atoms with E-state index in [1.807, 2.05) is 0 Å². The van der Waals surface area contributed by atoms with Crippen LogP contribution >= 0.6 is 0 Å². The number of nitrogens with one attached hydrogen (secondary N) is 1. The predicted octanol–water partition coefficient (Wildman–Crippen LogP) is 0.674. The fourth-order valence-corrected chi connectivity index (χ4v) is 1.68. The van der Waals surface area contributed by atoms with Crippen LogP contribution in [0.15, 0.2) is 0 Å². The van der Waals surface area contributed by atoms with Gasteiger partial charge < -0.3 is 10.4 Å². The molecule has 2 unspecified atom stereocenters. The first-order valence-corrected chi connectivity index (χ1v) is 4.69. The summed E-state index contributed by atoms with van der Waals surface area (Å²) >= 11 is 0. The molecule has 0 saturated carbocycles. The molecule has 1 fully saturated rings. The molecule has 0 aromatic carbocycles. The molecule has 3 nitrogen and oxygen atoms in total. The molecule has 0 aliphatic carbocycles. The van der Waals surface area contributed by atoms with E-state index in [9.17, 15) is 4.79 Å². The third kappa shape index (κ3) is 2.21. The van der Waals surface area contributed by atoms with Crippen molar-refractivity contribution < 1.29 is 9.90 Å². The van der Waals surface area contributed by atoms with Gasteiger partial charge in [-0.1, -0.05) is 6.92 Å². The van der Waals surface area contributed by atoms with Crippen LogP contribution in [0.25, 0.3) is 0 Å². The van der Waals surface area contributed by atoms with Crippen molar-refractivity contribution >= 4 is 5.91 Å². The Bertz CT molecular complexity index is 159. The van der Waals surface area contributed by atoms with Gasteiger partial charge in [0.15, 0.2) is 0 Å². The second-order valence-corrected chi connectivity index (χ2v) is 3.41. The third-order valence-electron chi connectivity index (χ3n) is 2.49. The van der Waals surface area contributed by atoms with Gasteiger partial charge in [0.2, 0.25) is 5.91 Å². The molecule has 1 rings (SSSR count). The molecule has 1 heterocycles. The van der Waals surface area contributed by atoms with Gasteiger partial charge in [-0.2, -0.15) is 0 Å². The van der Waals surface area contributed by atoms with E-state index in [0.29, 0.717) is 6.04 Å². The second-order valence-electron chi connectivity index (χ2n) is 3.41. The number of aliphatic hydroxyl groups excluding tert-OH is 1. The monoisotopic (exact) mass is 171 g/mol. The van der Waals surface area contributed by atoms with E-state index in [1.165, 1.54) is 0 Å². The molecule has 1 aliphatic rings. The van der Waals surface area contributed by atoms with Crippen LogP contribution in [0.5, 0.6) is 0 Å². The van der Waals surface area contributed by atoms with E-state index in [-0.39, 0.29) is 18.4 Å². The molecule has 2 atom stereocenters. The summed E-state index contributed by atoms with van der Waals surface area (Å²) in [6.45, 7) is 2.28. The normalized spacial score (nSPS) is 29.0. The number of amides is 1. The molecule has 1 amide bonds. The van der Waals surface area contributed by atoms with Crippen LogP contribution in [-0.2, 0) is 4.79 Å². The molecule has 0 radical (unpaired) electrons. The van der Waals surface area contributed by atoms with Crippen LogP contribution in [0.2, 0.25) is 0 Å². The van der Waals surface area contributed by atoms with Gasteiger partial charge in [0, 0.05) is 18.6 Å². The van der Waals surface area contributed by atoms with Gasteiger partial charge in [-0.15, -0.1) is 0 Å². The first-order chi connectivity index (χ1) is 5.77. The summed E-state index contributed by atoms with van der Waals surface area (Å²) in [7, 11) is 0. The van der Waals surface area contributed by atoms with E-state index in [1.54, 1.807) is 0 Å². The average molecular weight is 171 g/mol. The van der Waals surface area contributed by atoms with Gasteiger partial charge >= 0.3 is 0 Å². The van der Waals surface area contributed by atoms with Crippen LogP contribution in [0.3, 0.4) is 0 Å². The Morgan fingerprint density at radius 2 is 2.42 bits per heavy atom. The standard InChI is InChI=1S/C9H17NO2/c1-2-8-6-7(4-3-5-11)9(12)10-8/h7-8,11H,2-6H2,1H3,(H,10,12). The Hall–Kier alpha value is -0.570. The summed E-state index contributed by atoms with van der Waals surface area (Å²) in [5.74, 6) is 0.331. The minimum Gasteiger partial charge on any atom is -0.396 e. The molecule has 3 heteroatoms. The minimum absolute atomic E-state index is 0.155. The maximum atomic E-state index is 11.3. The maximum Gasteiger partial charge on any atom is 0.223 e. The van der Waals surface area contributed by atoms with Gasteiger partial charge in [0.05, 0.1) is 0 Å². The van der Waals surface area contributed by atoms with Crippen molar-refractivity contribution in [3.63, 3.8) is 0 Å². The summed E-state index contributed by atoms with van der Waals surface area (Å²) in [4.78, 5) is 11.3. The van der Waals surface area contributed by atoms with Crippen LogP contribution in [0.4, 0.5) is 0 Å². The molecule has 12 heavy (non-hydrogen) atoms. The first-order valence-electron chi connectivity index (χ1n) is 4.69. The topological polar surface area (TPSA) is 49.3 Å². The number of carbonyl (C=O) groups is 1. The molecule has 0 spiro atoms. The predicted molar refractivity (Wildman–Crippen MR) is 46.6 cm³/mol. The Morgan fingerprint density at radius 1 is 1.67 bits per heavy atom. The van der Waals surface area contributed by atoms with Crippen molar-refractivity contribution in [2.45, 2.75) is 38.6 Å². The Balaban J connectivity index is 2.31. The fraction of sp³-hybridized carbons (Fsp3) is 0.889. The van der Waals surface area contributed by atoms with Crippen LogP contribution in [0, 0.1) is 5.92 Å². The number of carbonyl (C=O) groups excluding carboxylic acids is 1. The average Bonchev–Trinajstić information content (AvgIpc) is 2.43. The second kappa shape index (κ2) is 4.45. The van der Waals surface area contributed by atoms with Gasteiger partial charge in [-0.3, -0.25) is 4.79 Å². The SMILES string of the molecule is CCC1CC(CCCO)C(=O)N1. The lowest BCUT2D eigenvalue weighted by Gasteiger charge is -2.04. The zero-order valence-corrected chi connectivity index (χ0v) is 7.55. The van der Waals surface area contributed by atoms with Gasteiger partial charge in [-0.05, 0) is 25.7 Å². The molecular formula is C9H17NO2. The lowest BCUT2D eigenvalue weighted by atomic mass is 9.99. The summed E-state index contributed by atoms with van der Waals surface area (Å²) in [6, 6.07) is 0.376. The fourth-order valence-electron chi connectivity index (χ4n) is 1.68. The van der Waals surface area contributed by atoms with Crippen LogP contribution < -0.4 is 5.32 Å². The molecule has 1 saturated heterocycles. The van der Waals surface area contributed by atoms with Gasteiger partial charge in [-0.25, -0.2) is 0 Å². The Kier molecular flexibility index (Phi) is 3.53. The highest BCUT2D eigenvalue weighted by atomic mass is 16.3. The molecule has 2 N–H and O–H groups in total. The van der Waals surface area contributed by atoms with Crippen molar-refractivity contribution in [2.75, 3.05) is 6.61 Å². The minimum atomic E-state index is 0.155. The molecular weight excluding hydrogens is 154 g/mol. The summed E-state index contributed by atoms with van der Waals surface area (Å²) in [5.41, 5.74) is 0. The molecule has 0 aromatic rings. The van der Waals surface area contributed by atoms with Crippen molar-refractivity contribution in [1.82, 2.24) is 5.32 Å². The zero-order chi connectivity index (χ0) is 8.97. The smallest absolute Gasteiger partial charge is 0.223 e. The van der Waals surface area contributed by atoms with Crippen LogP contribution in [0.1, 0.15) is 32.6 Å². The maximum absolute atomic E-state index is 11.3. The molecule has 70 valence electrons. The Morgan fingerprint density at radius 3 is 2.92 bits per heavy atom. The van der Waals surface area contributed by atoms with Crippen molar-refractivity contribution in [3.05, 3.63) is 0 Å². The van der Waals surface area contributed by atoms with Gasteiger partial charge in [0.25, 0.3) is 0 Å². The number of hydrogen-bond acceptors (Lipinski definition) is 2. The van der Waals surface area contributed by atoms with E-state index >= 15 is 0 Å². The molecule has 0 bridgehead atoms. The highest BCUT2D eigenvalue weighted by molar-refractivity contribution is 5.81. The van der Waals surface area contributed by atoms with Crippen LogP contribution in [-0.4, -0.2) is 23.7 Å². The van der Waals surface area contributed by atoms with E-state index < -0.39 is 0 Å². The lowest BCUT2D eigenvalue weighted by molar-refractivity contribution is -0.122.